The number of allylic oxidation sites excluding steroid dienone is 13. The Morgan fingerprint density at radius 2 is 0.938 bits per heavy atom. The van der Waals surface area contributed by atoms with Crippen LogP contribution in [0.4, 0.5) is 0 Å². The fourth-order valence-corrected chi connectivity index (χ4v) is 10.1. The van der Waals surface area contributed by atoms with Crippen molar-refractivity contribution in [3.05, 3.63) is 85.1 Å². The van der Waals surface area contributed by atoms with Crippen LogP contribution in [0.2, 0.25) is 0 Å². The van der Waals surface area contributed by atoms with Crippen molar-refractivity contribution in [3.8, 4) is 0 Å². The molecular formula is C70H123NO10. The third-order valence-corrected chi connectivity index (χ3v) is 15.4. The molecule has 0 bridgehead atoms. The molecule has 81 heavy (non-hydrogen) atoms. The Labute approximate surface area is 495 Å². The van der Waals surface area contributed by atoms with Crippen molar-refractivity contribution in [1.82, 2.24) is 5.32 Å². The van der Waals surface area contributed by atoms with Gasteiger partial charge in [-0.25, -0.2) is 0 Å². The normalized spacial score (nSPS) is 19.2. The van der Waals surface area contributed by atoms with Crippen LogP contribution in [0.5, 0.6) is 0 Å². The monoisotopic (exact) mass is 1140 g/mol. The Kier molecular flexibility index (Phi) is 53.6. The maximum absolute atomic E-state index is 13.5. The Bertz CT molecular complexity index is 1640. The van der Waals surface area contributed by atoms with Crippen molar-refractivity contribution in [2.24, 2.45) is 0 Å². The summed E-state index contributed by atoms with van der Waals surface area (Å²) in [6.45, 7) is 5.62. The van der Waals surface area contributed by atoms with Gasteiger partial charge in [-0.1, -0.05) is 286 Å². The van der Waals surface area contributed by atoms with Gasteiger partial charge in [0.25, 0.3) is 0 Å². The number of hydrogen-bond donors (Lipinski definition) is 6. The fourth-order valence-electron chi connectivity index (χ4n) is 10.1. The summed E-state index contributed by atoms with van der Waals surface area (Å²) < 4.78 is 17.6. The van der Waals surface area contributed by atoms with Crippen LogP contribution in [-0.4, -0.2) is 99.6 Å². The highest BCUT2D eigenvalue weighted by Gasteiger charge is 2.47. The summed E-state index contributed by atoms with van der Waals surface area (Å²) in [6.07, 6.45) is 64.9. The van der Waals surface area contributed by atoms with Gasteiger partial charge in [-0.3, -0.25) is 9.59 Å². The van der Waals surface area contributed by atoms with E-state index in [1.807, 2.05) is 36.5 Å². The number of carbonyl (C=O) groups is 2. The molecule has 1 aliphatic heterocycles. The average molecular weight is 1140 g/mol. The van der Waals surface area contributed by atoms with E-state index in [1.165, 1.54) is 154 Å². The number of nitrogens with one attached hydrogen (secondary N) is 1. The molecule has 8 unspecified atom stereocenters. The van der Waals surface area contributed by atoms with Crippen LogP contribution in [0, 0.1) is 0 Å². The number of ether oxygens (including phenoxy) is 3. The van der Waals surface area contributed by atoms with Crippen LogP contribution in [-0.2, 0) is 23.8 Å². The summed E-state index contributed by atoms with van der Waals surface area (Å²) in [5.74, 6) is -1.22. The van der Waals surface area contributed by atoms with Gasteiger partial charge in [0.15, 0.2) is 12.4 Å². The van der Waals surface area contributed by atoms with Gasteiger partial charge < -0.3 is 45.1 Å². The van der Waals surface area contributed by atoms with E-state index in [1.54, 1.807) is 6.08 Å². The van der Waals surface area contributed by atoms with Gasteiger partial charge in [0.05, 0.1) is 25.4 Å². The van der Waals surface area contributed by atoms with Gasteiger partial charge in [0.1, 0.15) is 24.4 Å². The quantitative estimate of drug-likeness (QED) is 0.0149. The second-order valence-corrected chi connectivity index (χ2v) is 22.9. The van der Waals surface area contributed by atoms with E-state index in [2.05, 4.69) is 68.6 Å². The summed E-state index contributed by atoms with van der Waals surface area (Å²) in [7, 11) is 0. The number of unbranched alkanes of at least 4 members (excludes halogenated alkanes) is 33. The predicted octanol–water partition coefficient (Wildman–Crippen LogP) is 16.5. The van der Waals surface area contributed by atoms with E-state index in [-0.39, 0.29) is 19.4 Å². The third kappa shape index (κ3) is 45.0. The zero-order chi connectivity index (χ0) is 58.9. The van der Waals surface area contributed by atoms with E-state index < -0.39 is 67.4 Å². The molecule has 1 heterocycles. The minimum absolute atomic E-state index is 0.0951. The smallest absolute Gasteiger partial charge is 0.306 e. The number of carbonyl (C=O) groups excluding carboxylic acids is 2. The van der Waals surface area contributed by atoms with E-state index in [9.17, 15) is 35.1 Å². The Hall–Kier alpha value is -3.16. The first-order chi connectivity index (χ1) is 39.7. The highest BCUT2D eigenvalue weighted by Crippen LogP contribution is 2.26. The minimum atomic E-state index is -1.63. The van der Waals surface area contributed by atoms with Crippen molar-refractivity contribution in [3.63, 3.8) is 0 Å². The Balaban J connectivity index is 2.56. The van der Waals surface area contributed by atoms with Gasteiger partial charge in [-0.2, -0.15) is 0 Å². The van der Waals surface area contributed by atoms with Gasteiger partial charge in [0.2, 0.25) is 5.91 Å². The molecule has 8 atom stereocenters. The topological polar surface area (TPSA) is 175 Å². The molecule has 0 aromatic heterocycles. The van der Waals surface area contributed by atoms with E-state index in [0.29, 0.717) is 12.8 Å². The SMILES string of the molecule is CC/C=C/C=C/C=C/C=C\CCCCCCCC(=O)OC1C(OCC(NC(=O)C(O)CCCCCCCCCCCCCCCCCC/C=C\C/C=C\CCCCC)C(O)/C=C/CCCCCCCCCCC)OC(CO)C(O)C1O. The predicted molar refractivity (Wildman–Crippen MR) is 338 cm³/mol. The largest absolute Gasteiger partial charge is 0.454 e. The second-order valence-electron chi connectivity index (χ2n) is 22.9. The zero-order valence-electron chi connectivity index (χ0n) is 51.9. The lowest BCUT2D eigenvalue weighted by atomic mass is 9.99. The zero-order valence-corrected chi connectivity index (χ0v) is 51.9. The Morgan fingerprint density at radius 1 is 0.506 bits per heavy atom. The number of amides is 1. The van der Waals surface area contributed by atoms with Crippen molar-refractivity contribution >= 4 is 11.9 Å². The first kappa shape index (κ1) is 75.9. The molecule has 1 rings (SSSR count). The number of aliphatic hydroxyl groups is 5. The van der Waals surface area contributed by atoms with E-state index in [4.69, 9.17) is 14.2 Å². The molecule has 0 aromatic rings. The standard InChI is InChI=1S/C70H123NO10/c1-4-7-10-13-16-19-22-24-26-27-28-29-30-31-32-33-34-35-36-38-39-42-45-48-51-54-57-63(74)69(78)71-61(62(73)56-53-50-47-44-41-21-18-15-12-9-6-3)60-79-70-68(67(77)66(76)64(59-72)80-70)81-65(75)58-55-52-49-46-43-40-37-25-23-20-17-14-11-8-5-2/h8,11,14,16-17,19-20,23-26,37,53,56,61-64,66-68,70,72-74,76-77H,4-7,9-10,12-13,15,18,21-22,27-36,38-52,54-55,57-60H2,1-3H3,(H,71,78)/b11-8+,17-14+,19-16-,23-20+,26-24-,37-25-,56-53+. The lowest BCUT2D eigenvalue weighted by Crippen LogP contribution is -2.61. The van der Waals surface area contributed by atoms with Crippen LogP contribution in [0.25, 0.3) is 0 Å². The summed E-state index contributed by atoms with van der Waals surface area (Å²) in [4.78, 5) is 26.6. The second kappa shape index (κ2) is 57.3. The number of esters is 1. The molecule has 6 N–H and O–H groups in total. The van der Waals surface area contributed by atoms with Crippen LogP contribution in [0.1, 0.15) is 284 Å². The third-order valence-electron chi connectivity index (χ3n) is 15.4. The highest BCUT2D eigenvalue weighted by molar-refractivity contribution is 5.80. The molecule has 1 amide bonds. The summed E-state index contributed by atoms with van der Waals surface area (Å²) in [6, 6.07) is -1.03. The van der Waals surface area contributed by atoms with E-state index in [0.717, 1.165) is 83.5 Å². The van der Waals surface area contributed by atoms with Gasteiger partial charge >= 0.3 is 5.97 Å². The van der Waals surface area contributed by atoms with Crippen LogP contribution in [0.15, 0.2) is 85.1 Å². The average Bonchev–Trinajstić information content (AvgIpc) is 3.50. The fraction of sp³-hybridized carbons (Fsp3) is 0.771. The van der Waals surface area contributed by atoms with Gasteiger partial charge in [-0.05, 0) is 77.0 Å². The van der Waals surface area contributed by atoms with Crippen LogP contribution < -0.4 is 5.32 Å². The highest BCUT2D eigenvalue weighted by atomic mass is 16.7. The van der Waals surface area contributed by atoms with Crippen LogP contribution in [0.3, 0.4) is 0 Å². The van der Waals surface area contributed by atoms with Crippen molar-refractivity contribution in [2.75, 3.05) is 13.2 Å². The van der Waals surface area contributed by atoms with Gasteiger partial charge in [-0.15, -0.1) is 0 Å². The molecule has 11 nitrogen and oxygen atoms in total. The lowest BCUT2D eigenvalue weighted by Gasteiger charge is -2.41. The van der Waals surface area contributed by atoms with Gasteiger partial charge in [0, 0.05) is 6.42 Å². The molecule has 468 valence electrons. The van der Waals surface area contributed by atoms with Crippen molar-refractivity contribution < 1.29 is 49.3 Å². The molecule has 0 aromatic carbocycles. The van der Waals surface area contributed by atoms with E-state index >= 15 is 0 Å². The summed E-state index contributed by atoms with van der Waals surface area (Å²) in [5, 5.41) is 57.0. The van der Waals surface area contributed by atoms with Crippen LogP contribution >= 0.6 is 0 Å². The van der Waals surface area contributed by atoms with Crippen molar-refractivity contribution in [1.29, 1.82) is 0 Å². The molecule has 0 spiro atoms. The number of rotatable bonds is 56. The summed E-state index contributed by atoms with van der Waals surface area (Å²) >= 11 is 0. The van der Waals surface area contributed by atoms with Crippen molar-refractivity contribution in [2.45, 2.75) is 333 Å². The first-order valence-electron chi connectivity index (χ1n) is 33.4. The summed E-state index contributed by atoms with van der Waals surface area (Å²) in [5.41, 5.74) is 0. The molecular weight excluding hydrogens is 1010 g/mol. The molecule has 0 aliphatic carbocycles. The Morgan fingerprint density at radius 3 is 1.46 bits per heavy atom. The first-order valence-corrected chi connectivity index (χ1v) is 33.4. The maximum atomic E-state index is 13.5. The molecule has 0 saturated carbocycles. The molecule has 1 saturated heterocycles. The lowest BCUT2D eigenvalue weighted by molar-refractivity contribution is -0.305. The maximum Gasteiger partial charge on any atom is 0.306 e. The number of hydrogen-bond acceptors (Lipinski definition) is 10. The molecule has 11 heteroatoms. The minimum Gasteiger partial charge on any atom is -0.454 e. The number of aliphatic hydroxyl groups excluding tert-OH is 5. The molecule has 1 aliphatic rings. The molecule has 1 fully saturated rings. The molecule has 0 radical (unpaired) electrons.